The molecule has 18 heavy (non-hydrogen) atoms. The average molecular weight is 250 g/mol. The van der Waals surface area contributed by atoms with Gasteiger partial charge in [0.25, 0.3) is 0 Å². The normalized spacial score (nSPS) is 14.5. The second-order valence-electron chi connectivity index (χ2n) is 4.44. The molecule has 2 unspecified atom stereocenters. The summed E-state index contributed by atoms with van der Waals surface area (Å²) >= 11 is 0. The highest BCUT2D eigenvalue weighted by molar-refractivity contribution is 5.59. The minimum atomic E-state index is -0.577. The summed E-state index contributed by atoms with van der Waals surface area (Å²) < 4.78 is 18.3. The summed E-state index contributed by atoms with van der Waals surface area (Å²) in [6.45, 7) is 5.30. The van der Waals surface area contributed by atoms with Crippen molar-refractivity contribution in [3.05, 3.63) is 35.5 Å². The molecule has 1 heterocycles. The first-order valence-corrected chi connectivity index (χ1v) is 5.77. The SMILES string of the molecule is Cc1ccc(F)cc1-c1noc(C(C)C(C)O)n1. The molecule has 0 aliphatic rings. The van der Waals surface area contributed by atoms with Crippen molar-refractivity contribution in [2.45, 2.75) is 32.8 Å². The zero-order valence-corrected chi connectivity index (χ0v) is 10.5. The predicted octanol–water partition coefficient (Wildman–Crippen LogP) is 2.67. The molecule has 2 atom stereocenters. The van der Waals surface area contributed by atoms with Gasteiger partial charge in [-0.3, -0.25) is 0 Å². The third-order valence-corrected chi connectivity index (χ3v) is 3.00. The third-order valence-electron chi connectivity index (χ3n) is 3.00. The lowest BCUT2D eigenvalue weighted by atomic mass is 10.1. The maximum Gasteiger partial charge on any atom is 0.232 e. The molecule has 1 aromatic carbocycles. The van der Waals surface area contributed by atoms with E-state index < -0.39 is 6.10 Å². The molecular formula is C13H15FN2O2. The van der Waals surface area contributed by atoms with Crippen LogP contribution < -0.4 is 0 Å². The maximum absolute atomic E-state index is 13.2. The van der Waals surface area contributed by atoms with Gasteiger partial charge in [-0.1, -0.05) is 18.1 Å². The summed E-state index contributed by atoms with van der Waals surface area (Å²) in [6, 6.07) is 4.42. The Labute approximate surface area is 104 Å². The van der Waals surface area contributed by atoms with Gasteiger partial charge in [0, 0.05) is 5.56 Å². The Kier molecular flexibility index (Phi) is 3.43. The van der Waals surface area contributed by atoms with E-state index in [4.69, 9.17) is 4.52 Å². The molecule has 0 fully saturated rings. The number of aliphatic hydroxyl groups is 1. The van der Waals surface area contributed by atoms with Crippen LogP contribution in [0.3, 0.4) is 0 Å². The number of nitrogens with zero attached hydrogens (tertiary/aromatic N) is 2. The van der Waals surface area contributed by atoms with E-state index in [1.807, 2.05) is 6.92 Å². The number of benzene rings is 1. The van der Waals surface area contributed by atoms with E-state index in [1.165, 1.54) is 12.1 Å². The molecule has 0 aliphatic heterocycles. The molecule has 0 radical (unpaired) electrons. The molecule has 1 N–H and O–H groups in total. The first-order chi connectivity index (χ1) is 8.49. The Balaban J connectivity index is 2.38. The van der Waals surface area contributed by atoms with Gasteiger partial charge in [-0.2, -0.15) is 4.98 Å². The molecule has 0 bridgehead atoms. The highest BCUT2D eigenvalue weighted by atomic mass is 19.1. The Bertz CT molecular complexity index is 552. The molecule has 96 valence electrons. The summed E-state index contributed by atoms with van der Waals surface area (Å²) in [5.41, 5.74) is 1.47. The minimum Gasteiger partial charge on any atom is -0.393 e. The number of hydrogen-bond donors (Lipinski definition) is 1. The first-order valence-electron chi connectivity index (χ1n) is 5.77. The Morgan fingerprint density at radius 2 is 2.06 bits per heavy atom. The summed E-state index contributed by atoms with van der Waals surface area (Å²) in [6.07, 6.45) is -0.577. The fraction of sp³-hybridized carbons (Fsp3) is 0.385. The Morgan fingerprint density at radius 3 is 2.72 bits per heavy atom. The molecule has 0 aliphatic carbocycles. The number of aliphatic hydroxyl groups excluding tert-OH is 1. The average Bonchev–Trinajstić information content (AvgIpc) is 2.80. The largest absolute Gasteiger partial charge is 0.393 e. The molecule has 2 rings (SSSR count). The summed E-state index contributed by atoms with van der Waals surface area (Å²) in [5, 5.41) is 13.3. The number of aromatic nitrogens is 2. The molecular weight excluding hydrogens is 235 g/mol. The monoisotopic (exact) mass is 250 g/mol. The Hall–Kier alpha value is -1.75. The van der Waals surface area contributed by atoms with Gasteiger partial charge >= 0.3 is 0 Å². The maximum atomic E-state index is 13.2. The molecule has 0 amide bonds. The molecule has 5 heteroatoms. The molecule has 1 aromatic heterocycles. The molecule has 4 nitrogen and oxygen atoms in total. The van der Waals surface area contributed by atoms with Crippen LogP contribution >= 0.6 is 0 Å². The van der Waals surface area contributed by atoms with Crippen LogP contribution in [0.4, 0.5) is 4.39 Å². The van der Waals surface area contributed by atoms with Gasteiger partial charge in [-0.25, -0.2) is 4.39 Å². The zero-order valence-electron chi connectivity index (χ0n) is 10.5. The number of halogens is 1. The number of aryl methyl sites for hydroxylation is 1. The molecule has 0 spiro atoms. The van der Waals surface area contributed by atoms with Crippen LogP contribution in [-0.4, -0.2) is 21.4 Å². The number of hydrogen-bond acceptors (Lipinski definition) is 4. The van der Waals surface area contributed by atoms with Crippen LogP contribution in [-0.2, 0) is 0 Å². The van der Waals surface area contributed by atoms with Crippen LogP contribution in [0.1, 0.15) is 31.2 Å². The quantitative estimate of drug-likeness (QED) is 0.909. The second kappa shape index (κ2) is 4.86. The van der Waals surface area contributed by atoms with Crippen molar-refractivity contribution < 1.29 is 14.0 Å². The summed E-state index contributed by atoms with van der Waals surface area (Å²) in [7, 11) is 0. The fourth-order valence-corrected chi connectivity index (χ4v) is 1.57. The van der Waals surface area contributed by atoms with Crippen molar-refractivity contribution in [2.24, 2.45) is 0 Å². The van der Waals surface area contributed by atoms with Crippen molar-refractivity contribution >= 4 is 0 Å². The van der Waals surface area contributed by atoms with Crippen LogP contribution in [0.5, 0.6) is 0 Å². The first kappa shape index (κ1) is 12.7. The second-order valence-corrected chi connectivity index (χ2v) is 4.44. The standard InChI is InChI=1S/C13H15FN2O2/c1-7-4-5-10(14)6-11(7)12-15-13(18-16-12)8(2)9(3)17/h4-6,8-9,17H,1-3H3. The van der Waals surface area contributed by atoms with Crippen molar-refractivity contribution in [1.29, 1.82) is 0 Å². The van der Waals surface area contributed by atoms with Gasteiger partial charge in [0.05, 0.1) is 12.0 Å². The lowest BCUT2D eigenvalue weighted by molar-refractivity contribution is 0.151. The van der Waals surface area contributed by atoms with Gasteiger partial charge in [0.1, 0.15) is 5.82 Å². The smallest absolute Gasteiger partial charge is 0.232 e. The van der Waals surface area contributed by atoms with Gasteiger partial charge in [0.2, 0.25) is 11.7 Å². The van der Waals surface area contributed by atoms with Crippen molar-refractivity contribution in [2.75, 3.05) is 0 Å². The lowest BCUT2D eigenvalue weighted by Crippen LogP contribution is -2.11. The predicted molar refractivity (Wildman–Crippen MR) is 64.5 cm³/mol. The zero-order chi connectivity index (χ0) is 13.3. The topological polar surface area (TPSA) is 59.2 Å². The lowest BCUT2D eigenvalue weighted by Gasteiger charge is -2.08. The molecule has 2 aromatic rings. The van der Waals surface area contributed by atoms with Crippen molar-refractivity contribution in [3.63, 3.8) is 0 Å². The van der Waals surface area contributed by atoms with Gasteiger partial charge in [0.15, 0.2) is 0 Å². The highest BCUT2D eigenvalue weighted by Gasteiger charge is 2.20. The van der Waals surface area contributed by atoms with Gasteiger partial charge < -0.3 is 9.63 Å². The van der Waals surface area contributed by atoms with Crippen molar-refractivity contribution in [1.82, 2.24) is 10.1 Å². The molecule has 0 saturated heterocycles. The van der Waals surface area contributed by atoms with Crippen LogP contribution in [0.15, 0.2) is 22.7 Å². The van der Waals surface area contributed by atoms with E-state index >= 15 is 0 Å². The minimum absolute atomic E-state index is 0.250. The van der Waals surface area contributed by atoms with Crippen LogP contribution in [0.25, 0.3) is 11.4 Å². The van der Waals surface area contributed by atoms with E-state index in [-0.39, 0.29) is 11.7 Å². The number of rotatable bonds is 3. The van der Waals surface area contributed by atoms with Crippen LogP contribution in [0, 0.1) is 12.7 Å². The third kappa shape index (κ3) is 2.41. The van der Waals surface area contributed by atoms with E-state index in [0.29, 0.717) is 17.3 Å². The van der Waals surface area contributed by atoms with Crippen LogP contribution in [0.2, 0.25) is 0 Å². The van der Waals surface area contributed by atoms with Gasteiger partial charge in [-0.05, 0) is 31.5 Å². The van der Waals surface area contributed by atoms with E-state index in [9.17, 15) is 9.50 Å². The highest BCUT2D eigenvalue weighted by Crippen LogP contribution is 2.24. The summed E-state index contributed by atoms with van der Waals surface area (Å²) in [5.74, 6) is 0.101. The molecule has 0 saturated carbocycles. The van der Waals surface area contributed by atoms with E-state index in [1.54, 1.807) is 19.9 Å². The Morgan fingerprint density at radius 1 is 1.33 bits per heavy atom. The van der Waals surface area contributed by atoms with Gasteiger partial charge in [-0.15, -0.1) is 0 Å². The van der Waals surface area contributed by atoms with Crippen molar-refractivity contribution in [3.8, 4) is 11.4 Å². The summed E-state index contributed by atoms with van der Waals surface area (Å²) in [4.78, 5) is 4.20. The van der Waals surface area contributed by atoms with E-state index in [2.05, 4.69) is 10.1 Å². The van der Waals surface area contributed by atoms with E-state index in [0.717, 1.165) is 5.56 Å². The fourth-order valence-electron chi connectivity index (χ4n) is 1.57.